The molecule has 7 heteroatoms. The van der Waals surface area contributed by atoms with Crippen LogP contribution in [-0.2, 0) is 22.5 Å². The Balaban J connectivity index is 1.63. The van der Waals surface area contributed by atoms with Gasteiger partial charge in [-0.1, -0.05) is 37.3 Å². The summed E-state index contributed by atoms with van der Waals surface area (Å²) < 4.78 is 6.69. The molecule has 1 saturated heterocycles. The largest absolute Gasteiger partial charge is 0.378 e. The van der Waals surface area contributed by atoms with Crippen molar-refractivity contribution in [3.63, 3.8) is 0 Å². The Bertz CT molecular complexity index is 1070. The van der Waals surface area contributed by atoms with Crippen molar-refractivity contribution in [3.8, 4) is 0 Å². The van der Waals surface area contributed by atoms with Crippen LogP contribution in [0.25, 0.3) is 10.8 Å². The number of carbonyl (C=O) groups excluding carboxylic acids is 1. The van der Waals surface area contributed by atoms with E-state index < -0.39 is 0 Å². The number of hydrogen-bond donors (Lipinski definition) is 1. The second kappa shape index (κ2) is 8.45. The Morgan fingerprint density at radius 2 is 1.76 bits per heavy atom. The van der Waals surface area contributed by atoms with Gasteiger partial charge < -0.3 is 15.0 Å². The van der Waals surface area contributed by atoms with Gasteiger partial charge in [-0.3, -0.25) is 9.59 Å². The van der Waals surface area contributed by atoms with Crippen LogP contribution in [0.15, 0.2) is 53.3 Å². The van der Waals surface area contributed by atoms with Crippen molar-refractivity contribution in [2.24, 2.45) is 0 Å². The smallest absolute Gasteiger partial charge is 0.275 e. The number of amides is 1. The van der Waals surface area contributed by atoms with E-state index in [0.29, 0.717) is 43.2 Å². The van der Waals surface area contributed by atoms with E-state index in [-0.39, 0.29) is 18.0 Å². The van der Waals surface area contributed by atoms with Gasteiger partial charge in [-0.2, -0.15) is 5.10 Å². The molecule has 3 aromatic rings. The molecule has 2 heterocycles. The zero-order chi connectivity index (χ0) is 20.2. The van der Waals surface area contributed by atoms with E-state index in [0.717, 1.165) is 11.8 Å². The molecule has 0 radical (unpaired) electrons. The van der Waals surface area contributed by atoms with Crippen LogP contribution < -0.4 is 15.8 Å². The highest BCUT2D eigenvalue weighted by Crippen LogP contribution is 2.22. The molecule has 0 aliphatic carbocycles. The van der Waals surface area contributed by atoms with E-state index in [1.54, 1.807) is 6.07 Å². The fourth-order valence-electron chi connectivity index (χ4n) is 3.49. The van der Waals surface area contributed by atoms with Crippen LogP contribution in [0.4, 0.5) is 11.5 Å². The molecule has 29 heavy (non-hydrogen) atoms. The number of carbonyl (C=O) groups is 1. The fraction of sp³-hybridized carbons (Fsp3) is 0.318. The minimum Gasteiger partial charge on any atom is -0.378 e. The molecular formula is C22H24N4O3. The SMILES string of the molecule is CCc1ccc(NC(=O)Cn2nc(N3CCOCC3)c3ccccc3c2=O)cc1. The van der Waals surface area contributed by atoms with Crippen LogP contribution in [0.2, 0.25) is 0 Å². The lowest BCUT2D eigenvalue weighted by Gasteiger charge is -2.29. The van der Waals surface area contributed by atoms with Gasteiger partial charge in [0.2, 0.25) is 5.91 Å². The van der Waals surface area contributed by atoms with Gasteiger partial charge in [0.05, 0.1) is 18.6 Å². The molecule has 1 amide bonds. The molecule has 0 spiro atoms. The van der Waals surface area contributed by atoms with Gasteiger partial charge in [-0.25, -0.2) is 4.68 Å². The van der Waals surface area contributed by atoms with E-state index in [9.17, 15) is 9.59 Å². The van der Waals surface area contributed by atoms with E-state index >= 15 is 0 Å². The minimum atomic E-state index is -0.285. The molecule has 1 aliphatic rings. The molecule has 2 aromatic carbocycles. The van der Waals surface area contributed by atoms with Crippen LogP contribution in [-0.4, -0.2) is 42.0 Å². The molecule has 1 aromatic heterocycles. The Labute approximate surface area is 168 Å². The third kappa shape index (κ3) is 4.14. The van der Waals surface area contributed by atoms with Crippen LogP contribution in [0.3, 0.4) is 0 Å². The molecule has 0 unspecified atom stereocenters. The Morgan fingerprint density at radius 3 is 2.45 bits per heavy atom. The lowest BCUT2D eigenvalue weighted by Crippen LogP contribution is -2.39. The fourth-order valence-corrected chi connectivity index (χ4v) is 3.49. The van der Waals surface area contributed by atoms with Gasteiger partial charge in [0.1, 0.15) is 6.54 Å². The molecule has 1 aliphatic heterocycles. The van der Waals surface area contributed by atoms with Gasteiger partial charge >= 0.3 is 0 Å². The predicted octanol–water partition coefficient (Wildman–Crippen LogP) is 2.43. The predicted molar refractivity (Wildman–Crippen MR) is 113 cm³/mol. The van der Waals surface area contributed by atoms with Gasteiger partial charge in [0, 0.05) is 24.2 Å². The lowest BCUT2D eigenvalue weighted by molar-refractivity contribution is -0.117. The van der Waals surface area contributed by atoms with Crippen molar-refractivity contribution in [1.82, 2.24) is 9.78 Å². The monoisotopic (exact) mass is 392 g/mol. The van der Waals surface area contributed by atoms with Gasteiger partial charge in [0.15, 0.2) is 5.82 Å². The number of benzene rings is 2. The first kappa shape index (κ1) is 19.1. The van der Waals surface area contributed by atoms with Crippen LogP contribution >= 0.6 is 0 Å². The number of fused-ring (bicyclic) bond motifs is 1. The summed E-state index contributed by atoms with van der Waals surface area (Å²) >= 11 is 0. The van der Waals surface area contributed by atoms with Crippen LogP contribution in [0, 0.1) is 0 Å². The van der Waals surface area contributed by atoms with Gasteiger partial charge in [-0.15, -0.1) is 0 Å². The number of rotatable bonds is 5. The average molecular weight is 392 g/mol. The van der Waals surface area contributed by atoms with E-state index in [1.807, 2.05) is 42.5 Å². The highest BCUT2D eigenvalue weighted by Gasteiger charge is 2.19. The summed E-state index contributed by atoms with van der Waals surface area (Å²) in [7, 11) is 0. The molecule has 0 atom stereocenters. The molecular weight excluding hydrogens is 368 g/mol. The van der Waals surface area contributed by atoms with Gasteiger partial charge in [-0.05, 0) is 30.2 Å². The Kier molecular flexibility index (Phi) is 5.57. The number of morpholine rings is 1. The number of nitrogens with one attached hydrogen (secondary N) is 1. The molecule has 150 valence electrons. The molecule has 4 rings (SSSR count). The third-order valence-corrected chi connectivity index (χ3v) is 5.10. The number of hydrogen-bond acceptors (Lipinski definition) is 5. The minimum absolute atomic E-state index is 0.142. The van der Waals surface area contributed by atoms with Crippen molar-refractivity contribution in [1.29, 1.82) is 0 Å². The van der Waals surface area contributed by atoms with Crippen molar-refractivity contribution < 1.29 is 9.53 Å². The summed E-state index contributed by atoms with van der Waals surface area (Å²) in [5.41, 5.74) is 1.63. The standard InChI is InChI=1S/C22H24N4O3/c1-2-16-7-9-17(10-8-16)23-20(27)15-26-22(28)19-6-4-3-5-18(19)21(24-26)25-11-13-29-14-12-25/h3-10H,2,11-15H2,1H3,(H,23,27). The zero-order valence-corrected chi connectivity index (χ0v) is 16.4. The molecule has 1 N–H and O–H groups in total. The van der Waals surface area contributed by atoms with Crippen molar-refractivity contribution >= 4 is 28.2 Å². The molecule has 0 saturated carbocycles. The summed E-state index contributed by atoms with van der Waals surface area (Å²) in [6, 6.07) is 15.1. The summed E-state index contributed by atoms with van der Waals surface area (Å²) in [6.07, 6.45) is 0.939. The normalized spacial score (nSPS) is 14.2. The Morgan fingerprint density at radius 1 is 1.07 bits per heavy atom. The third-order valence-electron chi connectivity index (χ3n) is 5.10. The van der Waals surface area contributed by atoms with Crippen LogP contribution in [0.1, 0.15) is 12.5 Å². The topological polar surface area (TPSA) is 76.5 Å². The first-order valence-electron chi connectivity index (χ1n) is 9.87. The summed E-state index contributed by atoms with van der Waals surface area (Å²) in [4.78, 5) is 27.6. The maximum atomic E-state index is 12.9. The van der Waals surface area contributed by atoms with E-state index in [2.05, 4.69) is 22.2 Å². The summed E-state index contributed by atoms with van der Waals surface area (Å²) in [5.74, 6) is 0.427. The number of ether oxygens (including phenoxy) is 1. The lowest BCUT2D eigenvalue weighted by atomic mass is 10.1. The number of anilines is 2. The number of aromatic nitrogens is 2. The maximum Gasteiger partial charge on any atom is 0.275 e. The number of nitrogens with zero attached hydrogens (tertiary/aromatic N) is 3. The average Bonchev–Trinajstić information content (AvgIpc) is 2.77. The van der Waals surface area contributed by atoms with Gasteiger partial charge in [0.25, 0.3) is 5.56 Å². The van der Waals surface area contributed by atoms with Crippen molar-refractivity contribution in [2.75, 3.05) is 36.5 Å². The second-order valence-corrected chi connectivity index (χ2v) is 7.03. The highest BCUT2D eigenvalue weighted by atomic mass is 16.5. The first-order chi connectivity index (χ1) is 14.2. The van der Waals surface area contributed by atoms with Crippen LogP contribution in [0.5, 0.6) is 0 Å². The van der Waals surface area contributed by atoms with E-state index in [4.69, 9.17) is 4.74 Å². The number of aryl methyl sites for hydroxylation is 1. The maximum absolute atomic E-state index is 12.9. The van der Waals surface area contributed by atoms with E-state index in [1.165, 1.54) is 10.2 Å². The summed E-state index contributed by atoms with van der Waals surface area (Å²) in [6.45, 7) is 4.57. The summed E-state index contributed by atoms with van der Waals surface area (Å²) in [5, 5.41) is 8.75. The quantitative estimate of drug-likeness (QED) is 0.722. The Hall–Kier alpha value is -3.19. The molecule has 7 nitrogen and oxygen atoms in total. The van der Waals surface area contributed by atoms with Crippen molar-refractivity contribution in [3.05, 3.63) is 64.4 Å². The first-order valence-corrected chi connectivity index (χ1v) is 9.87. The zero-order valence-electron chi connectivity index (χ0n) is 16.4. The molecule has 1 fully saturated rings. The molecule has 0 bridgehead atoms. The van der Waals surface area contributed by atoms with Crippen molar-refractivity contribution in [2.45, 2.75) is 19.9 Å². The highest BCUT2D eigenvalue weighted by molar-refractivity contribution is 5.93. The second-order valence-electron chi connectivity index (χ2n) is 7.03.